The van der Waals surface area contributed by atoms with Gasteiger partial charge in [0.05, 0.1) is 4.92 Å². The van der Waals surface area contributed by atoms with Crippen LogP contribution in [0.3, 0.4) is 0 Å². The molecule has 0 spiro atoms. The number of rotatable bonds is 6. The fourth-order valence-corrected chi connectivity index (χ4v) is 4.33. The quantitative estimate of drug-likeness (QED) is 0.136. The highest BCUT2D eigenvalue weighted by atomic mass is 16.6. The Morgan fingerprint density at radius 1 is 0.972 bits per heavy atom. The molecule has 0 radical (unpaired) electrons. The molecular formula is C29H20N4O3. The van der Waals surface area contributed by atoms with E-state index in [1.54, 1.807) is 6.08 Å². The summed E-state index contributed by atoms with van der Waals surface area (Å²) in [6, 6.07) is 29.8. The van der Waals surface area contributed by atoms with Crippen molar-refractivity contribution >= 4 is 45.0 Å². The standard InChI is InChI=1S/C29H20N4O3/c30-17-22(29(34)31-24-10-6-11-25(16-24)33(35)36)15-23-19-32(28-14-4-3-13-27(23)28)18-21-9-5-8-20-7-1-2-12-26(20)21/h1-16,19H,18H2,(H,31,34)/b22-15+. The molecule has 1 aromatic heterocycles. The lowest BCUT2D eigenvalue weighted by Gasteiger charge is -2.09. The number of carbonyl (C=O) groups excluding carboxylic acids is 1. The van der Waals surface area contributed by atoms with Gasteiger partial charge in [0.2, 0.25) is 0 Å². The molecule has 0 unspecified atom stereocenters. The Hall–Kier alpha value is -5.22. The molecule has 0 saturated carbocycles. The molecule has 7 heteroatoms. The monoisotopic (exact) mass is 472 g/mol. The number of carbonyl (C=O) groups is 1. The number of nitriles is 1. The zero-order valence-corrected chi connectivity index (χ0v) is 19.1. The first-order valence-corrected chi connectivity index (χ1v) is 11.3. The topological polar surface area (TPSA) is 101 Å². The summed E-state index contributed by atoms with van der Waals surface area (Å²) in [5, 5.41) is 26.6. The number of fused-ring (bicyclic) bond motifs is 2. The van der Waals surface area contributed by atoms with E-state index in [0.29, 0.717) is 6.54 Å². The molecule has 0 atom stereocenters. The van der Waals surface area contributed by atoms with E-state index < -0.39 is 10.8 Å². The number of para-hydroxylation sites is 1. The average molecular weight is 473 g/mol. The van der Waals surface area contributed by atoms with Crippen LogP contribution in [0.15, 0.2) is 103 Å². The predicted molar refractivity (Wildman–Crippen MR) is 140 cm³/mol. The van der Waals surface area contributed by atoms with Crippen molar-refractivity contribution in [1.29, 1.82) is 5.26 Å². The smallest absolute Gasteiger partial charge is 0.271 e. The number of aromatic nitrogens is 1. The van der Waals surface area contributed by atoms with Gasteiger partial charge >= 0.3 is 0 Å². The zero-order chi connectivity index (χ0) is 25.1. The van der Waals surface area contributed by atoms with Crippen LogP contribution >= 0.6 is 0 Å². The third kappa shape index (κ3) is 4.43. The van der Waals surface area contributed by atoms with E-state index in [-0.39, 0.29) is 16.9 Å². The number of non-ortho nitro benzene ring substituents is 1. The van der Waals surface area contributed by atoms with Crippen LogP contribution in [-0.4, -0.2) is 15.4 Å². The second-order valence-electron chi connectivity index (χ2n) is 8.30. The first kappa shape index (κ1) is 22.6. The molecule has 5 aromatic rings. The summed E-state index contributed by atoms with van der Waals surface area (Å²) in [5.41, 5.74) is 2.87. The van der Waals surface area contributed by atoms with E-state index in [0.717, 1.165) is 27.4 Å². The Kier molecular flexibility index (Phi) is 6.00. The molecule has 4 aromatic carbocycles. The highest BCUT2D eigenvalue weighted by Gasteiger charge is 2.15. The molecule has 0 fully saturated rings. The summed E-state index contributed by atoms with van der Waals surface area (Å²) in [6.45, 7) is 0.622. The van der Waals surface area contributed by atoms with Gasteiger partial charge in [-0.25, -0.2) is 0 Å². The maximum absolute atomic E-state index is 12.8. The van der Waals surface area contributed by atoms with Gasteiger partial charge in [0, 0.05) is 47.0 Å². The molecule has 0 aliphatic carbocycles. The Balaban J connectivity index is 1.50. The number of anilines is 1. The lowest BCUT2D eigenvalue weighted by molar-refractivity contribution is -0.384. The molecule has 0 saturated heterocycles. The van der Waals surface area contributed by atoms with Gasteiger partial charge in [-0.2, -0.15) is 5.26 Å². The van der Waals surface area contributed by atoms with E-state index in [1.807, 2.05) is 54.7 Å². The van der Waals surface area contributed by atoms with E-state index in [9.17, 15) is 20.2 Å². The number of hydrogen-bond acceptors (Lipinski definition) is 4. The molecule has 0 aliphatic heterocycles. The normalized spacial score (nSPS) is 11.4. The zero-order valence-electron chi connectivity index (χ0n) is 19.1. The van der Waals surface area contributed by atoms with Crippen molar-refractivity contribution in [3.8, 4) is 6.07 Å². The predicted octanol–water partition coefficient (Wildman–Crippen LogP) is 6.30. The van der Waals surface area contributed by atoms with Gasteiger partial charge in [0.25, 0.3) is 11.6 Å². The van der Waals surface area contributed by atoms with E-state index in [2.05, 4.69) is 34.1 Å². The third-order valence-electron chi connectivity index (χ3n) is 6.02. The number of nitrogens with zero attached hydrogens (tertiary/aromatic N) is 3. The summed E-state index contributed by atoms with van der Waals surface area (Å²) >= 11 is 0. The largest absolute Gasteiger partial charge is 0.342 e. The highest BCUT2D eigenvalue weighted by Crippen LogP contribution is 2.27. The minimum Gasteiger partial charge on any atom is -0.342 e. The Morgan fingerprint density at radius 2 is 1.69 bits per heavy atom. The summed E-state index contributed by atoms with van der Waals surface area (Å²) in [7, 11) is 0. The molecule has 0 bridgehead atoms. The molecule has 36 heavy (non-hydrogen) atoms. The summed E-state index contributed by atoms with van der Waals surface area (Å²) in [4.78, 5) is 23.3. The lowest BCUT2D eigenvalue weighted by atomic mass is 10.0. The van der Waals surface area contributed by atoms with E-state index in [4.69, 9.17) is 0 Å². The molecule has 0 aliphatic rings. The number of nitrogens with one attached hydrogen (secondary N) is 1. The minimum absolute atomic E-state index is 0.102. The number of hydrogen-bond donors (Lipinski definition) is 1. The van der Waals surface area contributed by atoms with Crippen molar-refractivity contribution in [2.24, 2.45) is 0 Å². The van der Waals surface area contributed by atoms with Gasteiger partial charge in [-0.3, -0.25) is 14.9 Å². The SMILES string of the molecule is N#C/C(=C\c1cn(Cc2cccc3ccccc23)c2ccccc12)C(=O)Nc1cccc([N+](=O)[O-])c1. The first-order valence-electron chi connectivity index (χ1n) is 11.3. The van der Waals surface area contributed by atoms with Gasteiger partial charge < -0.3 is 9.88 Å². The third-order valence-corrected chi connectivity index (χ3v) is 6.02. The molecular weight excluding hydrogens is 452 g/mol. The van der Waals surface area contributed by atoms with Gasteiger partial charge in [0.1, 0.15) is 11.6 Å². The van der Waals surface area contributed by atoms with Crippen molar-refractivity contribution in [3.63, 3.8) is 0 Å². The maximum Gasteiger partial charge on any atom is 0.271 e. The van der Waals surface area contributed by atoms with E-state index in [1.165, 1.54) is 29.7 Å². The van der Waals surface area contributed by atoms with Crippen LogP contribution in [0.25, 0.3) is 27.8 Å². The fourth-order valence-electron chi connectivity index (χ4n) is 4.33. The van der Waals surface area contributed by atoms with Gasteiger partial charge in [0.15, 0.2) is 0 Å². The van der Waals surface area contributed by atoms with E-state index >= 15 is 0 Å². The van der Waals surface area contributed by atoms with Crippen LogP contribution < -0.4 is 5.32 Å². The second kappa shape index (κ2) is 9.57. The Bertz CT molecular complexity index is 1700. The molecule has 1 heterocycles. The van der Waals surface area contributed by atoms with Crippen molar-refractivity contribution < 1.29 is 9.72 Å². The van der Waals surface area contributed by atoms with Crippen LogP contribution in [0.5, 0.6) is 0 Å². The Labute approximate surface area is 206 Å². The minimum atomic E-state index is -0.635. The van der Waals surface area contributed by atoms with Gasteiger partial charge in [-0.1, -0.05) is 66.7 Å². The van der Waals surface area contributed by atoms with Crippen LogP contribution in [0, 0.1) is 21.4 Å². The molecule has 1 amide bonds. The molecule has 174 valence electrons. The number of amides is 1. The fraction of sp³-hybridized carbons (Fsp3) is 0.0345. The number of benzene rings is 4. The lowest BCUT2D eigenvalue weighted by Crippen LogP contribution is -2.13. The van der Waals surface area contributed by atoms with Crippen molar-refractivity contribution in [1.82, 2.24) is 4.57 Å². The van der Waals surface area contributed by atoms with Crippen LogP contribution in [0.4, 0.5) is 11.4 Å². The number of nitro benzene ring substituents is 1. The van der Waals surface area contributed by atoms with Crippen molar-refractivity contribution in [3.05, 3.63) is 124 Å². The maximum atomic E-state index is 12.8. The molecule has 1 N–H and O–H groups in total. The summed E-state index contributed by atoms with van der Waals surface area (Å²) < 4.78 is 2.11. The number of nitro groups is 1. The Morgan fingerprint density at radius 3 is 2.50 bits per heavy atom. The van der Waals surface area contributed by atoms with Crippen LogP contribution in [0.2, 0.25) is 0 Å². The van der Waals surface area contributed by atoms with Gasteiger partial charge in [-0.15, -0.1) is 0 Å². The van der Waals surface area contributed by atoms with Crippen LogP contribution in [-0.2, 0) is 11.3 Å². The first-order chi connectivity index (χ1) is 17.5. The van der Waals surface area contributed by atoms with Crippen LogP contribution in [0.1, 0.15) is 11.1 Å². The van der Waals surface area contributed by atoms with Crippen molar-refractivity contribution in [2.45, 2.75) is 6.54 Å². The molecule has 5 rings (SSSR count). The summed E-state index contributed by atoms with van der Waals surface area (Å²) in [5.74, 6) is -0.635. The highest BCUT2D eigenvalue weighted by molar-refractivity contribution is 6.11. The molecule has 7 nitrogen and oxygen atoms in total. The van der Waals surface area contributed by atoms with Crippen molar-refractivity contribution in [2.75, 3.05) is 5.32 Å². The summed E-state index contributed by atoms with van der Waals surface area (Å²) in [6.07, 6.45) is 3.49. The average Bonchev–Trinajstić information content (AvgIpc) is 3.24. The second-order valence-corrected chi connectivity index (χ2v) is 8.30. The van der Waals surface area contributed by atoms with Gasteiger partial charge in [-0.05, 0) is 34.5 Å².